The first kappa shape index (κ1) is 12.2. The fourth-order valence-electron chi connectivity index (χ4n) is 0.950. The molecule has 0 aliphatic rings. The molecule has 0 atom stereocenters. The van der Waals surface area contributed by atoms with Gasteiger partial charge in [-0.05, 0) is 0 Å². The van der Waals surface area contributed by atoms with Crippen LogP contribution in [-0.4, -0.2) is 28.6 Å². The van der Waals surface area contributed by atoms with E-state index in [0.29, 0.717) is 5.69 Å². The maximum atomic E-state index is 11.5. The molecule has 0 radical (unpaired) electrons. The van der Waals surface area contributed by atoms with E-state index in [2.05, 4.69) is 20.8 Å². The molecule has 0 fully saturated rings. The number of nitrogens with zero attached hydrogens (tertiary/aromatic N) is 1. The molecule has 6 nitrogen and oxygen atoms in total. The Morgan fingerprint density at radius 3 is 2.62 bits per heavy atom. The van der Waals surface area contributed by atoms with Gasteiger partial charge in [0.15, 0.2) is 0 Å². The van der Waals surface area contributed by atoms with Crippen LogP contribution in [0.5, 0.6) is 0 Å². The Bertz CT molecular complexity index is 365. The van der Waals surface area contributed by atoms with Crippen LogP contribution in [0.4, 0.5) is 5.69 Å². The molecule has 0 saturated carbocycles. The van der Waals surface area contributed by atoms with Gasteiger partial charge in [0, 0.05) is 11.6 Å². The zero-order valence-electron chi connectivity index (χ0n) is 9.63. The summed E-state index contributed by atoms with van der Waals surface area (Å²) in [7, 11) is 0. The molecule has 0 aliphatic heterocycles. The van der Waals surface area contributed by atoms with Gasteiger partial charge < -0.3 is 10.6 Å². The molecule has 0 spiro atoms. The first-order valence-electron chi connectivity index (χ1n) is 4.96. The van der Waals surface area contributed by atoms with E-state index in [9.17, 15) is 9.59 Å². The van der Waals surface area contributed by atoms with E-state index >= 15 is 0 Å². The number of carbonyl (C=O) groups excluding carboxylic acids is 2. The lowest BCUT2D eigenvalue weighted by Crippen LogP contribution is -2.39. The van der Waals surface area contributed by atoms with E-state index in [4.69, 9.17) is 0 Å². The summed E-state index contributed by atoms with van der Waals surface area (Å²) < 4.78 is 0. The number of hydrogen-bond donors (Lipinski definition) is 3. The lowest BCUT2D eigenvalue weighted by Gasteiger charge is -2.17. The van der Waals surface area contributed by atoms with Gasteiger partial charge >= 0.3 is 0 Å². The molecule has 3 N–H and O–H groups in total. The van der Waals surface area contributed by atoms with Gasteiger partial charge in [0.25, 0.3) is 0 Å². The van der Waals surface area contributed by atoms with Gasteiger partial charge in [0.1, 0.15) is 0 Å². The van der Waals surface area contributed by atoms with Crippen molar-refractivity contribution in [2.75, 3.05) is 11.9 Å². The number of carbonyl (C=O) groups is 2. The molecule has 0 aliphatic carbocycles. The SMILES string of the molecule is CC(C)(C)C(=O)NCC(=O)Nc1cn[nH]c1. The largest absolute Gasteiger partial charge is 0.347 e. The summed E-state index contributed by atoms with van der Waals surface area (Å²) in [6.07, 6.45) is 3.05. The van der Waals surface area contributed by atoms with E-state index in [1.807, 2.05) is 0 Å². The highest BCUT2D eigenvalue weighted by molar-refractivity contribution is 5.94. The smallest absolute Gasteiger partial charge is 0.243 e. The summed E-state index contributed by atoms with van der Waals surface area (Å²) in [6.45, 7) is 5.32. The second-order valence-electron chi connectivity index (χ2n) is 4.47. The summed E-state index contributed by atoms with van der Waals surface area (Å²) in [5.41, 5.74) is 0.0886. The van der Waals surface area contributed by atoms with Gasteiger partial charge in [-0.15, -0.1) is 0 Å². The number of aromatic nitrogens is 2. The molecule has 0 aromatic carbocycles. The number of amides is 2. The summed E-state index contributed by atoms with van der Waals surface area (Å²) in [6, 6.07) is 0. The molecule has 1 rings (SSSR count). The first-order valence-corrected chi connectivity index (χ1v) is 4.96. The van der Waals surface area contributed by atoms with Crippen molar-refractivity contribution in [3.05, 3.63) is 12.4 Å². The number of aromatic amines is 1. The van der Waals surface area contributed by atoms with Crippen LogP contribution in [0.2, 0.25) is 0 Å². The van der Waals surface area contributed by atoms with Gasteiger partial charge in [0.05, 0.1) is 18.4 Å². The average Bonchev–Trinajstić information content (AvgIpc) is 2.65. The predicted molar refractivity (Wildman–Crippen MR) is 59.7 cm³/mol. The minimum Gasteiger partial charge on any atom is -0.347 e. The van der Waals surface area contributed by atoms with Crippen molar-refractivity contribution in [1.29, 1.82) is 0 Å². The van der Waals surface area contributed by atoms with Crippen LogP contribution >= 0.6 is 0 Å². The van der Waals surface area contributed by atoms with E-state index in [0.717, 1.165) is 0 Å². The summed E-state index contributed by atoms with van der Waals surface area (Å²) in [4.78, 5) is 22.8. The quantitative estimate of drug-likeness (QED) is 0.699. The van der Waals surface area contributed by atoms with Gasteiger partial charge in [-0.3, -0.25) is 14.7 Å². The lowest BCUT2D eigenvalue weighted by molar-refractivity contribution is -0.130. The van der Waals surface area contributed by atoms with Crippen LogP contribution in [-0.2, 0) is 9.59 Å². The van der Waals surface area contributed by atoms with Crippen molar-refractivity contribution in [3.8, 4) is 0 Å². The number of nitrogens with one attached hydrogen (secondary N) is 3. The van der Waals surface area contributed by atoms with Gasteiger partial charge in [0.2, 0.25) is 11.8 Å². The highest BCUT2D eigenvalue weighted by atomic mass is 16.2. The van der Waals surface area contributed by atoms with Crippen molar-refractivity contribution >= 4 is 17.5 Å². The molecule has 16 heavy (non-hydrogen) atoms. The Balaban J connectivity index is 2.34. The van der Waals surface area contributed by atoms with E-state index in [1.54, 1.807) is 27.0 Å². The van der Waals surface area contributed by atoms with Crippen LogP contribution < -0.4 is 10.6 Å². The molecule has 1 aromatic rings. The van der Waals surface area contributed by atoms with Crippen molar-refractivity contribution in [2.24, 2.45) is 5.41 Å². The molecule has 0 unspecified atom stereocenters. The molecule has 6 heteroatoms. The highest BCUT2D eigenvalue weighted by Gasteiger charge is 2.21. The third-order valence-corrected chi connectivity index (χ3v) is 1.87. The maximum Gasteiger partial charge on any atom is 0.243 e. The second-order valence-corrected chi connectivity index (χ2v) is 4.47. The Morgan fingerprint density at radius 2 is 2.12 bits per heavy atom. The van der Waals surface area contributed by atoms with Gasteiger partial charge in [-0.2, -0.15) is 5.10 Å². The van der Waals surface area contributed by atoms with Crippen molar-refractivity contribution in [1.82, 2.24) is 15.5 Å². The Morgan fingerprint density at radius 1 is 1.44 bits per heavy atom. The molecule has 0 saturated heterocycles. The van der Waals surface area contributed by atoms with Gasteiger partial charge in [-0.1, -0.05) is 20.8 Å². The number of hydrogen-bond acceptors (Lipinski definition) is 3. The van der Waals surface area contributed by atoms with Gasteiger partial charge in [-0.25, -0.2) is 0 Å². The highest BCUT2D eigenvalue weighted by Crippen LogP contribution is 2.11. The van der Waals surface area contributed by atoms with Crippen molar-refractivity contribution in [3.63, 3.8) is 0 Å². The monoisotopic (exact) mass is 224 g/mol. The van der Waals surface area contributed by atoms with Crippen LogP contribution in [0.15, 0.2) is 12.4 Å². The van der Waals surface area contributed by atoms with Crippen LogP contribution in [0, 0.1) is 5.41 Å². The average molecular weight is 224 g/mol. The normalized spacial score (nSPS) is 10.9. The van der Waals surface area contributed by atoms with Crippen LogP contribution in [0.25, 0.3) is 0 Å². The fourth-order valence-corrected chi connectivity index (χ4v) is 0.950. The van der Waals surface area contributed by atoms with E-state index in [-0.39, 0.29) is 18.4 Å². The van der Waals surface area contributed by atoms with Crippen molar-refractivity contribution < 1.29 is 9.59 Å². The standard InChI is InChI=1S/C10H16N4O2/c1-10(2,3)9(16)11-6-8(15)14-7-4-12-13-5-7/h4-5H,6H2,1-3H3,(H,11,16)(H,12,13)(H,14,15). The zero-order valence-corrected chi connectivity index (χ0v) is 9.63. The Kier molecular flexibility index (Phi) is 3.65. The fraction of sp³-hybridized carbons (Fsp3) is 0.500. The van der Waals surface area contributed by atoms with Crippen molar-refractivity contribution in [2.45, 2.75) is 20.8 Å². The summed E-state index contributed by atoms with van der Waals surface area (Å²) >= 11 is 0. The summed E-state index contributed by atoms with van der Waals surface area (Å²) in [5, 5.41) is 11.4. The number of anilines is 1. The number of rotatable bonds is 3. The molecule has 1 aromatic heterocycles. The molecule has 2 amide bonds. The minimum absolute atomic E-state index is 0.0404. The second kappa shape index (κ2) is 4.78. The summed E-state index contributed by atoms with van der Waals surface area (Å²) in [5.74, 6) is -0.436. The molecule has 1 heterocycles. The zero-order chi connectivity index (χ0) is 12.2. The van der Waals surface area contributed by atoms with Crippen LogP contribution in [0.3, 0.4) is 0 Å². The molecular weight excluding hydrogens is 208 g/mol. The Hall–Kier alpha value is -1.85. The molecule has 88 valence electrons. The minimum atomic E-state index is -0.490. The maximum absolute atomic E-state index is 11.5. The Labute approximate surface area is 93.8 Å². The third-order valence-electron chi connectivity index (χ3n) is 1.87. The van der Waals surface area contributed by atoms with E-state index in [1.165, 1.54) is 6.20 Å². The lowest BCUT2D eigenvalue weighted by atomic mass is 9.96. The predicted octanol–water partition coefficient (Wildman–Crippen LogP) is 0.510. The number of H-pyrrole nitrogens is 1. The third kappa shape index (κ3) is 3.72. The topological polar surface area (TPSA) is 86.9 Å². The van der Waals surface area contributed by atoms with E-state index < -0.39 is 5.41 Å². The van der Waals surface area contributed by atoms with Crippen LogP contribution in [0.1, 0.15) is 20.8 Å². The molecule has 0 bridgehead atoms. The molecular formula is C10H16N4O2. The first-order chi connectivity index (χ1) is 7.39.